The van der Waals surface area contributed by atoms with Crippen LogP contribution >= 0.6 is 23.2 Å². The summed E-state index contributed by atoms with van der Waals surface area (Å²) in [5.41, 5.74) is 4.01. The van der Waals surface area contributed by atoms with Gasteiger partial charge in [-0.3, -0.25) is 4.79 Å². The van der Waals surface area contributed by atoms with Crippen LogP contribution in [0.25, 0.3) is 0 Å². The molecule has 2 rings (SSSR count). The number of rotatable bonds is 7. The predicted molar refractivity (Wildman–Crippen MR) is 100 cm³/mol. The van der Waals surface area contributed by atoms with Crippen LogP contribution in [-0.2, 0) is 11.2 Å². The van der Waals surface area contributed by atoms with Crippen LogP contribution in [0.1, 0.15) is 18.1 Å². The zero-order valence-corrected chi connectivity index (χ0v) is 15.4. The van der Waals surface area contributed by atoms with Gasteiger partial charge in [-0.05, 0) is 42.3 Å². The van der Waals surface area contributed by atoms with E-state index in [1.54, 1.807) is 36.4 Å². The van der Waals surface area contributed by atoms with E-state index in [1.807, 2.05) is 6.92 Å². The molecule has 0 unspecified atom stereocenters. The summed E-state index contributed by atoms with van der Waals surface area (Å²) in [6.45, 7) is 2.34. The first-order chi connectivity index (χ1) is 12.0. The van der Waals surface area contributed by atoms with E-state index in [0.717, 1.165) is 5.56 Å². The van der Waals surface area contributed by atoms with Crippen LogP contribution in [-0.4, -0.2) is 25.8 Å². The van der Waals surface area contributed by atoms with Crippen molar-refractivity contribution < 1.29 is 14.3 Å². The van der Waals surface area contributed by atoms with E-state index in [-0.39, 0.29) is 12.3 Å². The SMILES string of the molecule is CCOc1cc(/C=N\NC(=O)Cc2ccc(Cl)cc2)cc(Cl)c1OC. The molecule has 5 nitrogen and oxygen atoms in total. The summed E-state index contributed by atoms with van der Waals surface area (Å²) in [7, 11) is 1.52. The quantitative estimate of drug-likeness (QED) is 0.581. The minimum Gasteiger partial charge on any atom is -0.491 e. The Bertz CT molecular complexity index is 762. The van der Waals surface area contributed by atoms with Gasteiger partial charge >= 0.3 is 0 Å². The Morgan fingerprint density at radius 1 is 1.24 bits per heavy atom. The van der Waals surface area contributed by atoms with E-state index in [2.05, 4.69) is 10.5 Å². The Labute approximate surface area is 156 Å². The Morgan fingerprint density at radius 2 is 1.96 bits per heavy atom. The summed E-state index contributed by atoms with van der Waals surface area (Å²) in [6.07, 6.45) is 1.70. The van der Waals surface area contributed by atoms with Crippen molar-refractivity contribution in [2.24, 2.45) is 5.10 Å². The monoisotopic (exact) mass is 380 g/mol. The molecule has 0 aromatic heterocycles. The fourth-order valence-corrected chi connectivity index (χ4v) is 2.55. The predicted octanol–water partition coefficient (Wildman–Crippen LogP) is 4.09. The van der Waals surface area contributed by atoms with Gasteiger partial charge in [0, 0.05) is 5.02 Å². The van der Waals surface area contributed by atoms with Gasteiger partial charge in [0.1, 0.15) is 0 Å². The fraction of sp³-hybridized carbons (Fsp3) is 0.222. The zero-order valence-electron chi connectivity index (χ0n) is 13.9. The highest BCUT2D eigenvalue weighted by Gasteiger charge is 2.10. The molecule has 1 N–H and O–H groups in total. The zero-order chi connectivity index (χ0) is 18.2. The molecule has 0 aliphatic heterocycles. The number of carbonyl (C=O) groups is 1. The average Bonchev–Trinajstić information content (AvgIpc) is 2.57. The number of ether oxygens (including phenoxy) is 2. The summed E-state index contributed by atoms with van der Waals surface area (Å²) < 4.78 is 10.7. The summed E-state index contributed by atoms with van der Waals surface area (Å²) in [6, 6.07) is 10.5. The molecule has 7 heteroatoms. The first kappa shape index (κ1) is 19.1. The number of methoxy groups -OCH3 is 1. The van der Waals surface area contributed by atoms with Crippen LogP contribution in [0.5, 0.6) is 11.5 Å². The van der Waals surface area contributed by atoms with Crippen LogP contribution < -0.4 is 14.9 Å². The third-order valence-electron chi connectivity index (χ3n) is 3.22. The van der Waals surface area contributed by atoms with Gasteiger partial charge in [-0.1, -0.05) is 35.3 Å². The first-order valence-electron chi connectivity index (χ1n) is 7.60. The highest BCUT2D eigenvalue weighted by atomic mass is 35.5. The number of hydrazone groups is 1. The Balaban J connectivity index is 2.01. The van der Waals surface area contributed by atoms with E-state index in [0.29, 0.717) is 33.7 Å². The lowest BCUT2D eigenvalue weighted by atomic mass is 10.1. The van der Waals surface area contributed by atoms with E-state index < -0.39 is 0 Å². The molecule has 0 bridgehead atoms. The van der Waals surface area contributed by atoms with Crippen LogP contribution in [0.3, 0.4) is 0 Å². The van der Waals surface area contributed by atoms with Gasteiger partial charge in [-0.25, -0.2) is 5.43 Å². The number of hydrogen-bond donors (Lipinski definition) is 1. The minimum atomic E-state index is -0.233. The largest absolute Gasteiger partial charge is 0.491 e. The molecule has 25 heavy (non-hydrogen) atoms. The smallest absolute Gasteiger partial charge is 0.244 e. The second-order valence-corrected chi connectivity index (χ2v) is 5.91. The lowest BCUT2D eigenvalue weighted by molar-refractivity contribution is -0.120. The van der Waals surface area contributed by atoms with E-state index >= 15 is 0 Å². The Morgan fingerprint density at radius 3 is 2.60 bits per heavy atom. The van der Waals surface area contributed by atoms with Crippen molar-refractivity contribution in [2.45, 2.75) is 13.3 Å². The van der Waals surface area contributed by atoms with Crippen molar-refractivity contribution in [3.8, 4) is 11.5 Å². The molecule has 0 atom stereocenters. The highest BCUT2D eigenvalue weighted by Crippen LogP contribution is 2.35. The highest BCUT2D eigenvalue weighted by molar-refractivity contribution is 6.32. The molecule has 0 heterocycles. The second kappa shape index (κ2) is 9.30. The number of amides is 1. The van der Waals surface area contributed by atoms with Crippen molar-refractivity contribution in [3.05, 3.63) is 57.6 Å². The molecule has 2 aromatic carbocycles. The van der Waals surface area contributed by atoms with Crippen molar-refractivity contribution >= 4 is 35.3 Å². The summed E-state index contributed by atoms with van der Waals surface area (Å²) >= 11 is 12.0. The van der Waals surface area contributed by atoms with Crippen LogP contribution in [0.4, 0.5) is 0 Å². The average molecular weight is 381 g/mol. The van der Waals surface area contributed by atoms with E-state index in [4.69, 9.17) is 32.7 Å². The minimum absolute atomic E-state index is 0.210. The Hall–Kier alpha value is -2.24. The lowest BCUT2D eigenvalue weighted by Gasteiger charge is -2.11. The number of nitrogens with one attached hydrogen (secondary N) is 1. The number of nitrogens with zero attached hydrogens (tertiary/aromatic N) is 1. The lowest BCUT2D eigenvalue weighted by Crippen LogP contribution is -2.19. The van der Waals surface area contributed by atoms with Crippen LogP contribution in [0.15, 0.2) is 41.5 Å². The molecule has 0 radical (unpaired) electrons. The van der Waals surface area contributed by atoms with Gasteiger partial charge in [-0.15, -0.1) is 0 Å². The normalized spacial score (nSPS) is 10.7. The van der Waals surface area contributed by atoms with Gasteiger partial charge in [0.15, 0.2) is 11.5 Å². The number of halogens is 2. The molecule has 0 aliphatic rings. The van der Waals surface area contributed by atoms with Crippen molar-refractivity contribution in [3.63, 3.8) is 0 Å². The summed E-state index contributed by atoms with van der Waals surface area (Å²) in [4.78, 5) is 11.9. The van der Waals surface area contributed by atoms with Gasteiger partial charge in [-0.2, -0.15) is 5.10 Å². The molecule has 2 aromatic rings. The molecule has 0 aliphatic carbocycles. The number of benzene rings is 2. The maximum absolute atomic E-state index is 11.9. The second-order valence-electron chi connectivity index (χ2n) is 5.06. The maximum Gasteiger partial charge on any atom is 0.244 e. The standard InChI is InChI=1S/C18H18Cl2N2O3/c1-3-25-16-9-13(8-15(20)18(16)24-2)11-21-22-17(23)10-12-4-6-14(19)7-5-12/h4-9,11H,3,10H2,1-2H3,(H,22,23)/b21-11-. The van der Waals surface area contributed by atoms with Crippen molar-refractivity contribution in [2.75, 3.05) is 13.7 Å². The molecular weight excluding hydrogens is 363 g/mol. The Kier molecular flexibility index (Phi) is 7.10. The molecule has 0 spiro atoms. The number of carbonyl (C=O) groups excluding carboxylic acids is 1. The topological polar surface area (TPSA) is 59.9 Å². The molecule has 0 saturated carbocycles. The van der Waals surface area contributed by atoms with Gasteiger partial charge in [0.2, 0.25) is 5.91 Å². The summed E-state index contributed by atoms with van der Waals surface area (Å²) in [5, 5.41) is 4.98. The van der Waals surface area contributed by atoms with Gasteiger partial charge < -0.3 is 9.47 Å². The summed E-state index contributed by atoms with van der Waals surface area (Å²) in [5.74, 6) is 0.752. The maximum atomic E-state index is 11.9. The van der Waals surface area contributed by atoms with Gasteiger partial charge in [0.05, 0.1) is 31.4 Å². The third-order valence-corrected chi connectivity index (χ3v) is 3.75. The van der Waals surface area contributed by atoms with Crippen molar-refractivity contribution in [1.29, 1.82) is 0 Å². The molecule has 0 saturated heterocycles. The molecule has 132 valence electrons. The van der Waals surface area contributed by atoms with Crippen LogP contribution in [0, 0.1) is 0 Å². The van der Waals surface area contributed by atoms with E-state index in [1.165, 1.54) is 13.3 Å². The fourth-order valence-electron chi connectivity index (χ4n) is 2.13. The number of hydrogen-bond acceptors (Lipinski definition) is 4. The van der Waals surface area contributed by atoms with Crippen molar-refractivity contribution in [1.82, 2.24) is 5.43 Å². The van der Waals surface area contributed by atoms with Crippen LogP contribution in [0.2, 0.25) is 10.0 Å². The van der Waals surface area contributed by atoms with E-state index in [9.17, 15) is 4.79 Å². The molecule has 0 fully saturated rings. The molecular formula is C18H18Cl2N2O3. The third kappa shape index (κ3) is 5.66. The van der Waals surface area contributed by atoms with Gasteiger partial charge in [0.25, 0.3) is 0 Å². The first-order valence-corrected chi connectivity index (χ1v) is 8.35. The molecule has 1 amide bonds.